The van der Waals surface area contributed by atoms with Gasteiger partial charge in [-0.2, -0.15) is 0 Å². The van der Waals surface area contributed by atoms with Crippen molar-refractivity contribution in [3.05, 3.63) is 59.7 Å². The molecule has 0 radical (unpaired) electrons. The molecule has 34 heavy (non-hydrogen) atoms. The van der Waals surface area contributed by atoms with Crippen molar-refractivity contribution in [1.82, 2.24) is 5.32 Å². The number of amides is 1. The van der Waals surface area contributed by atoms with E-state index in [0.717, 1.165) is 17.7 Å². The SMILES string of the molecule is CCOC(=O)CC1COc2ccc(OCCNC(=O)OC(C)(C)C)cc2C1Cc1ccccc1. The molecular formula is C27H35NO6. The summed E-state index contributed by atoms with van der Waals surface area (Å²) in [6, 6.07) is 16.0. The van der Waals surface area contributed by atoms with Gasteiger partial charge in [0.25, 0.3) is 0 Å². The van der Waals surface area contributed by atoms with Crippen LogP contribution in [-0.4, -0.2) is 44.0 Å². The first-order valence-corrected chi connectivity index (χ1v) is 11.8. The highest BCUT2D eigenvalue weighted by atomic mass is 16.6. The lowest BCUT2D eigenvalue weighted by Gasteiger charge is -2.33. The van der Waals surface area contributed by atoms with Gasteiger partial charge in [0.05, 0.1) is 26.2 Å². The molecule has 7 heteroatoms. The highest BCUT2D eigenvalue weighted by molar-refractivity contribution is 5.70. The molecule has 0 aliphatic carbocycles. The highest BCUT2D eigenvalue weighted by Crippen LogP contribution is 2.42. The quantitative estimate of drug-likeness (QED) is 0.416. The second-order valence-corrected chi connectivity index (χ2v) is 9.35. The Morgan fingerprint density at radius 1 is 1.12 bits per heavy atom. The molecule has 0 spiro atoms. The van der Waals surface area contributed by atoms with Crippen molar-refractivity contribution in [2.45, 2.75) is 52.1 Å². The first-order chi connectivity index (χ1) is 16.2. The summed E-state index contributed by atoms with van der Waals surface area (Å²) in [7, 11) is 0. The van der Waals surface area contributed by atoms with Gasteiger partial charge >= 0.3 is 12.1 Å². The molecule has 2 aromatic rings. The van der Waals surface area contributed by atoms with Crippen molar-refractivity contribution in [2.24, 2.45) is 5.92 Å². The third-order valence-electron chi connectivity index (χ3n) is 5.47. The van der Waals surface area contributed by atoms with Crippen LogP contribution >= 0.6 is 0 Å². The molecule has 1 N–H and O–H groups in total. The maximum atomic E-state index is 12.3. The van der Waals surface area contributed by atoms with Crippen molar-refractivity contribution in [1.29, 1.82) is 0 Å². The number of ether oxygens (including phenoxy) is 4. The lowest BCUT2D eigenvalue weighted by atomic mass is 9.78. The Bertz CT molecular complexity index is 953. The average molecular weight is 470 g/mol. The summed E-state index contributed by atoms with van der Waals surface area (Å²) >= 11 is 0. The van der Waals surface area contributed by atoms with Crippen LogP contribution in [0.4, 0.5) is 4.79 Å². The molecule has 1 aliphatic rings. The summed E-state index contributed by atoms with van der Waals surface area (Å²) in [4.78, 5) is 24.1. The molecule has 0 bridgehead atoms. The summed E-state index contributed by atoms with van der Waals surface area (Å²) in [5, 5.41) is 2.69. The van der Waals surface area contributed by atoms with Gasteiger partial charge in [0.1, 0.15) is 23.7 Å². The Morgan fingerprint density at radius 3 is 2.59 bits per heavy atom. The van der Waals surface area contributed by atoms with Crippen LogP contribution in [0.5, 0.6) is 11.5 Å². The summed E-state index contributed by atoms with van der Waals surface area (Å²) in [5.41, 5.74) is 1.67. The third kappa shape index (κ3) is 7.68. The maximum absolute atomic E-state index is 12.3. The van der Waals surface area contributed by atoms with Crippen LogP contribution in [0.15, 0.2) is 48.5 Å². The van der Waals surface area contributed by atoms with Crippen LogP contribution < -0.4 is 14.8 Å². The normalized spacial score (nSPS) is 17.2. The fraction of sp³-hybridized carbons (Fsp3) is 0.481. The maximum Gasteiger partial charge on any atom is 0.407 e. The van der Waals surface area contributed by atoms with E-state index in [1.165, 1.54) is 5.56 Å². The molecule has 3 rings (SSSR count). The van der Waals surface area contributed by atoms with Crippen LogP contribution in [0.3, 0.4) is 0 Å². The van der Waals surface area contributed by atoms with Crippen molar-refractivity contribution >= 4 is 12.1 Å². The fourth-order valence-electron chi connectivity index (χ4n) is 4.02. The molecule has 1 aliphatic heterocycles. The van der Waals surface area contributed by atoms with E-state index in [4.69, 9.17) is 18.9 Å². The molecule has 1 amide bonds. The number of alkyl carbamates (subject to hydrolysis) is 1. The Hall–Kier alpha value is -3.22. The minimum atomic E-state index is -0.544. The average Bonchev–Trinajstić information content (AvgIpc) is 2.78. The number of hydrogen-bond donors (Lipinski definition) is 1. The van der Waals surface area contributed by atoms with E-state index in [1.54, 1.807) is 0 Å². The summed E-state index contributed by atoms with van der Waals surface area (Å²) in [5.74, 6) is 1.36. The predicted octanol–water partition coefficient (Wildman–Crippen LogP) is 4.88. The number of rotatable bonds is 9. The minimum absolute atomic E-state index is 0.00385. The Morgan fingerprint density at radius 2 is 1.88 bits per heavy atom. The van der Waals surface area contributed by atoms with E-state index < -0.39 is 11.7 Å². The van der Waals surface area contributed by atoms with Crippen LogP contribution in [0.2, 0.25) is 0 Å². The van der Waals surface area contributed by atoms with E-state index in [-0.39, 0.29) is 17.8 Å². The van der Waals surface area contributed by atoms with E-state index in [0.29, 0.717) is 38.5 Å². The lowest BCUT2D eigenvalue weighted by molar-refractivity contribution is -0.144. The van der Waals surface area contributed by atoms with E-state index >= 15 is 0 Å². The Labute approximate surface area is 201 Å². The number of carbonyl (C=O) groups excluding carboxylic acids is 2. The zero-order valence-electron chi connectivity index (χ0n) is 20.5. The number of hydrogen-bond acceptors (Lipinski definition) is 6. The van der Waals surface area contributed by atoms with Crippen LogP contribution in [0.25, 0.3) is 0 Å². The summed E-state index contributed by atoms with van der Waals surface area (Å²) < 4.78 is 22.3. The smallest absolute Gasteiger partial charge is 0.407 e. The van der Waals surface area contributed by atoms with Gasteiger partial charge in [-0.05, 0) is 63.8 Å². The molecule has 1 heterocycles. The second kappa shape index (κ2) is 11.8. The number of fused-ring (bicyclic) bond motifs is 1. The van der Waals surface area contributed by atoms with Gasteiger partial charge in [0.2, 0.25) is 0 Å². The molecule has 0 saturated heterocycles. The van der Waals surface area contributed by atoms with Gasteiger partial charge in [-0.1, -0.05) is 30.3 Å². The van der Waals surface area contributed by atoms with Crippen LogP contribution in [0.1, 0.15) is 51.2 Å². The number of carbonyl (C=O) groups is 2. The zero-order chi connectivity index (χ0) is 24.6. The van der Waals surface area contributed by atoms with Gasteiger partial charge in [-0.25, -0.2) is 4.79 Å². The summed E-state index contributed by atoms with van der Waals surface area (Å²) in [6.07, 6.45) is 0.611. The van der Waals surface area contributed by atoms with Crippen molar-refractivity contribution in [3.8, 4) is 11.5 Å². The molecular weight excluding hydrogens is 434 g/mol. The van der Waals surface area contributed by atoms with Gasteiger partial charge in [-0.3, -0.25) is 4.79 Å². The Kier molecular flexibility index (Phi) is 8.79. The van der Waals surface area contributed by atoms with Gasteiger partial charge in [0.15, 0.2) is 0 Å². The number of benzene rings is 2. The minimum Gasteiger partial charge on any atom is -0.493 e. The lowest BCUT2D eigenvalue weighted by Crippen LogP contribution is -2.34. The number of esters is 1. The summed E-state index contributed by atoms with van der Waals surface area (Å²) in [6.45, 7) is 8.71. The first-order valence-electron chi connectivity index (χ1n) is 11.8. The molecule has 2 atom stereocenters. The van der Waals surface area contributed by atoms with E-state index in [2.05, 4.69) is 17.4 Å². The van der Waals surface area contributed by atoms with E-state index in [1.807, 2.05) is 64.1 Å². The molecule has 0 aromatic heterocycles. The van der Waals surface area contributed by atoms with E-state index in [9.17, 15) is 9.59 Å². The van der Waals surface area contributed by atoms with Crippen LogP contribution in [-0.2, 0) is 20.7 Å². The molecule has 0 saturated carbocycles. The standard InChI is InChI=1S/C27H35NO6/c1-5-31-25(29)16-20-18-33-24-12-11-21(32-14-13-28-26(30)34-27(2,3)4)17-23(24)22(20)15-19-9-7-6-8-10-19/h6-12,17,20,22H,5,13-16,18H2,1-4H3,(H,28,30). The van der Waals surface area contributed by atoms with Crippen molar-refractivity contribution in [2.75, 3.05) is 26.4 Å². The second-order valence-electron chi connectivity index (χ2n) is 9.35. The van der Waals surface area contributed by atoms with Crippen molar-refractivity contribution < 1.29 is 28.5 Å². The Balaban J connectivity index is 1.70. The monoisotopic (exact) mass is 469 g/mol. The van der Waals surface area contributed by atoms with Crippen molar-refractivity contribution in [3.63, 3.8) is 0 Å². The van der Waals surface area contributed by atoms with Crippen LogP contribution in [0, 0.1) is 5.92 Å². The fourth-order valence-corrected chi connectivity index (χ4v) is 4.02. The number of nitrogens with one attached hydrogen (secondary N) is 1. The molecule has 2 unspecified atom stereocenters. The van der Waals surface area contributed by atoms with Gasteiger partial charge in [0, 0.05) is 11.5 Å². The first kappa shape index (κ1) is 25.4. The topological polar surface area (TPSA) is 83.1 Å². The molecule has 7 nitrogen and oxygen atoms in total. The largest absolute Gasteiger partial charge is 0.493 e. The molecule has 184 valence electrons. The van der Waals surface area contributed by atoms with Gasteiger partial charge in [-0.15, -0.1) is 0 Å². The highest BCUT2D eigenvalue weighted by Gasteiger charge is 2.33. The van der Waals surface area contributed by atoms with Gasteiger partial charge < -0.3 is 24.3 Å². The molecule has 0 fully saturated rings. The predicted molar refractivity (Wildman–Crippen MR) is 129 cm³/mol. The zero-order valence-corrected chi connectivity index (χ0v) is 20.5. The molecule has 2 aromatic carbocycles. The third-order valence-corrected chi connectivity index (χ3v) is 5.47.